The van der Waals surface area contributed by atoms with Crippen LogP contribution < -0.4 is 15.1 Å². The molecule has 5 atom stereocenters. The van der Waals surface area contributed by atoms with Gasteiger partial charge in [0.05, 0.1) is 37.4 Å². The molecule has 246 valence electrons. The first-order valence-corrected chi connectivity index (χ1v) is 19.5. The van der Waals surface area contributed by atoms with E-state index in [0.29, 0.717) is 48.7 Å². The number of aliphatic hydroxyl groups is 1. The monoisotopic (exact) mass is 654 g/mol. The fourth-order valence-corrected chi connectivity index (χ4v) is 11.0. The summed E-state index contributed by atoms with van der Waals surface area (Å²) in [4.78, 5) is 58.9. The third kappa shape index (κ3) is 5.21. The third-order valence-electron chi connectivity index (χ3n) is 10.6. The number of aliphatic hydroxyl groups excluding tert-OH is 1. The van der Waals surface area contributed by atoms with Crippen molar-refractivity contribution >= 4 is 43.1 Å². The van der Waals surface area contributed by atoms with E-state index < -0.39 is 31.5 Å². The molecule has 47 heavy (non-hydrogen) atoms. The van der Waals surface area contributed by atoms with Crippen LogP contribution in [-0.2, 0) is 37.7 Å². The molecule has 2 saturated heterocycles. The van der Waals surface area contributed by atoms with E-state index in [9.17, 15) is 24.3 Å². The molecule has 4 heterocycles. The SMILES string of the molecule is C[C@H]1[C@H]([Si](C)(C)O)[C@@H](CC(=O)N2Cc3ccccc3C[C@H]2CO)O[C@]12C(=O)N(c1ccccc1)c1ccc(N3CCNCC3=O)cc12. The normalized spacial score (nSPS) is 27.4. The summed E-state index contributed by atoms with van der Waals surface area (Å²) >= 11 is 0. The molecule has 0 saturated carbocycles. The molecule has 0 unspecified atom stereocenters. The highest BCUT2D eigenvalue weighted by atomic mass is 28.4. The number of piperazine rings is 1. The lowest BCUT2D eigenvalue weighted by Crippen LogP contribution is -2.48. The summed E-state index contributed by atoms with van der Waals surface area (Å²) in [6, 6.07) is 22.6. The van der Waals surface area contributed by atoms with Crippen molar-refractivity contribution in [1.82, 2.24) is 10.2 Å². The maximum Gasteiger partial charge on any atom is 0.268 e. The lowest BCUT2D eigenvalue weighted by atomic mass is 9.82. The number of benzene rings is 3. The molecule has 7 rings (SSSR count). The lowest BCUT2D eigenvalue weighted by molar-refractivity contribution is -0.150. The minimum Gasteiger partial charge on any atom is -0.432 e. The predicted octanol–water partition coefficient (Wildman–Crippen LogP) is 3.43. The molecular weight excluding hydrogens is 613 g/mol. The fraction of sp³-hybridized carbons (Fsp3) is 0.417. The zero-order chi connectivity index (χ0) is 33.1. The molecule has 0 aliphatic carbocycles. The summed E-state index contributed by atoms with van der Waals surface area (Å²) in [7, 11) is -3.04. The molecule has 0 bridgehead atoms. The Kier molecular flexibility index (Phi) is 8.08. The van der Waals surface area contributed by atoms with Gasteiger partial charge in [-0.15, -0.1) is 0 Å². The Morgan fingerprint density at radius 2 is 1.74 bits per heavy atom. The van der Waals surface area contributed by atoms with E-state index >= 15 is 0 Å². The van der Waals surface area contributed by atoms with Crippen molar-refractivity contribution < 1.29 is 29.0 Å². The summed E-state index contributed by atoms with van der Waals surface area (Å²) < 4.78 is 6.98. The number of para-hydroxylation sites is 1. The average Bonchev–Trinajstić information content (AvgIpc) is 3.50. The highest BCUT2D eigenvalue weighted by Gasteiger charge is 2.67. The van der Waals surface area contributed by atoms with Crippen LogP contribution in [0.5, 0.6) is 0 Å². The van der Waals surface area contributed by atoms with Gasteiger partial charge in [0.25, 0.3) is 5.91 Å². The van der Waals surface area contributed by atoms with Crippen LogP contribution in [0.3, 0.4) is 0 Å². The molecule has 0 radical (unpaired) electrons. The van der Waals surface area contributed by atoms with Crippen LogP contribution in [0.15, 0.2) is 72.8 Å². The molecule has 3 amide bonds. The summed E-state index contributed by atoms with van der Waals surface area (Å²) in [5.41, 5.74) is 2.91. The van der Waals surface area contributed by atoms with Crippen LogP contribution >= 0.6 is 0 Å². The molecule has 3 aromatic carbocycles. The molecule has 10 nitrogen and oxygen atoms in total. The summed E-state index contributed by atoms with van der Waals surface area (Å²) in [6.45, 7) is 7.23. The number of carbonyl (C=O) groups excluding carboxylic acids is 3. The van der Waals surface area contributed by atoms with Gasteiger partial charge in [0.1, 0.15) is 0 Å². The summed E-state index contributed by atoms with van der Waals surface area (Å²) in [5.74, 6) is -0.978. The van der Waals surface area contributed by atoms with E-state index in [1.54, 1.807) is 14.7 Å². The van der Waals surface area contributed by atoms with E-state index in [1.165, 1.54) is 0 Å². The Morgan fingerprint density at radius 1 is 1.02 bits per heavy atom. The number of nitrogens with zero attached hydrogens (tertiary/aromatic N) is 3. The van der Waals surface area contributed by atoms with E-state index in [2.05, 4.69) is 5.32 Å². The largest absolute Gasteiger partial charge is 0.432 e. The third-order valence-corrected chi connectivity index (χ3v) is 13.1. The molecule has 4 aliphatic rings. The summed E-state index contributed by atoms with van der Waals surface area (Å²) in [6.07, 6.45) is -0.215. The van der Waals surface area contributed by atoms with Crippen LogP contribution in [0, 0.1) is 5.92 Å². The van der Waals surface area contributed by atoms with Crippen molar-refractivity contribution in [2.24, 2.45) is 5.92 Å². The smallest absolute Gasteiger partial charge is 0.268 e. The molecule has 1 spiro atoms. The van der Waals surface area contributed by atoms with Crippen molar-refractivity contribution in [3.05, 3.63) is 89.5 Å². The minimum absolute atomic E-state index is 0.0314. The highest BCUT2D eigenvalue weighted by Crippen LogP contribution is 2.61. The van der Waals surface area contributed by atoms with E-state index in [1.807, 2.05) is 92.8 Å². The van der Waals surface area contributed by atoms with Crippen molar-refractivity contribution in [2.75, 3.05) is 36.0 Å². The Bertz CT molecular complexity index is 1710. The number of nitrogens with one attached hydrogen (secondary N) is 1. The van der Waals surface area contributed by atoms with Gasteiger partial charge in [0, 0.05) is 48.0 Å². The molecular formula is C36H42N4O6Si. The van der Waals surface area contributed by atoms with Gasteiger partial charge in [0.15, 0.2) is 13.9 Å². The van der Waals surface area contributed by atoms with Gasteiger partial charge in [-0.3, -0.25) is 19.3 Å². The van der Waals surface area contributed by atoms with Crippen molar-refractivity contribution in [3.8, 4) is 0 Å². The zero-order valence-electron chi connectivity index (χ0n) is 27.1. The lowest BCUT2D eigenvalue weighted by Gasteiger charge is -2.37. The second kappa shape index (κ2) is 12.0. The van der Waals surface area contributed by atoms with Crippen molar-refractivity contribution in [3.63, 3.8) is 0 Å². The van der Waals surface area contributed by atoms with Gasteiger partial charge in [-0.05, 0) is 61.0 Å². The molecule has 4 aliphatic heterocycles. The number of hydrogen-bond donors (Lipinski definition) is 3. The van der Waals surface area contributed by atoms with Crippen LogP contribution in [0.25, 0.3) is 0 Å². The first kappa shape index (κ1) is 31.7. The van der Waals surface area contributed by atoms with Gasteiger partial charge >= 0.3 is 0 Å². The number of hydrogen-bond acceptors (Lipinski definition) is 7. The maximum atomic E-state index is 14.9. The van der Waals surface area contributed by atoms with Crippen molar-refractivity contribution in [2.45, 2.75) is 62.7 Å². The standard InChI is InChI=1S/C36H42N4O6Si/c1-23-34(47(2,3)45)31(19-32(42)39-21-25-10-8-7-9-24(25)17-28(39)22-41)46-36(23)29-18-27(38-16-15-37-20-33(38)43)13-14-30(29)40(35(36)44)26-11-5-4-6-12-26/h4-14,18,23,28,31,34,37,41,45H,15-17,19-22H2,1-3H3/t23-,28-,31+,34-,36+/m0/s1. The van der Waals surface area contributed by atoms with Gasteiger partial charge in [-0.1, -0.05) is 49.4 Å². The van der Waals surface area contributed by atoms with E-state index in [0.717, 1.165) is 11.1 Å². The Labute approximate surface area is 276 Å². The predicted molar refractivity (Wildman–Crippen MR) is 181 cm³/mol. The van der Waals surface area contributed by atoms with Crippen molar-refractivity contribution in [1.29, 1.82) is 0 Å². The molecule has 11 heteroatoms. The second-order valence-corrected chi connectivity index (χ2v) is 17.8. The highest BCUT2D eigenvalue weighted by molar-refractivity contribution is 6.71. The quantitative estimate of drug-likeness (QED) is 0.348. The first-order chi connectivity index (χ1) is 22.5. The van der Waals surface area contributed by atoms with Crippen LogP contribution in [0.2, 0.25) is 18.6 Å². The number of anilines is 3. The van der Waals surface area contributed by atoms with Gasteiger partial charge in [0.2, 0.25) is 11.8 Å². The topological polar surface area (TPSA) is 123 Å². The zero-order valence-corrected chi connectivity index (χ0v) is 28.1. The number of amides is 3. The number of carbonyl (C=O) groups is 3. The van der Waals surface area contributed by atoms with Crippen LogP contribution in [0.4, 0.5) is 17.1 Å². The maximum absolute atomic E-state index is 14.9. The number of ether oxygens (including phenoxy) is 1. The molecule has 3 N–H and O–H groups in total. The Hall–Kier alpha value is -3.87. The van der Waals surface area contributed by atoms with E-state index in [4.69, 9.17) is 4.74 Å². The number of fused-ring (bicyclic) bond motifs is 3. The van der Waals surface area contributed by atoms with Gasteiger partial charge in [-0.25, -0.2) is 0 Å². The van der Waals surface area contributed by atoms with Gasteiger partial charge in [-0.2, -0.15) is 0 Å². The first-order valence-electron chi connectivity index (χ1n) is 16.5. The Balaban J connectivity index is 1.30. The van der Waals surface area contributed by atoms with Crippen LogP contribution in [0.1, 0.15) is 30.0 Å². The fourth-order valence-electron chi connectivity index (χ4n) is 8.40. The average molecular weight is 655 g/mol. The van der Waals surface area contributed by atoms with Gasteiger partial charge < -0.3 is 29.8 Å². The Morgan fingerprint density at radius 3 is 2.45 bits per heavy atom. The van der Waals surface area contributed by atoms with Crippen LogP contribution in [-0.4, -0.2) is 79.2 Å². The molecule has 0 aromatic heterocycles. The summed E-state index contributed by atoms with van der Waals surface area (Å²) in [5, 5.41) is 13.4. The molecule has 2 fully saturated rings. The number of rotatable bonds is 6. The molecule has 3 aromatic rings. The van der Waals surface area contributed by atoms with E-state index in [-0.39, 0.29) is 43.3 Å². The minimum atomic E-state index is -3.04. The second-order valence-electron chi connectivity index (χ2n) is 13.8.